The molecule has 0 atom stereocenters. The van der Waals surface area contributed by atoms with E-state index in [4.69, 9.17) is 0 Å². The van der Waals surface area contributed by atoms with Crippen LogP contribution in [0.5, 0.6) is 0 Å². The molecule has 3 aromatic rings. The lowest BCUT2D eigenvalue weighted by Gasteiger charge is -2.30. The molecular formula is C20H24N6O2S. The molecule has 2 heterocycles. The van der Waals surface area contributed by atoms with Gasteiger partial charge in [0.1, 0.15) is 0 Å². The Balaban J connectivity index is 1.52. The number of nitrogens with one attached hydrogen (secondary N) is 1. The van der Waals surface area contributed by atoms with Gasteiger partial charge in [0, 0.05) is 19.3 Å². The van der Waals surface area contributed by atoms with Gasteiger partial charge in [-0.05, 0) is 66.1 Å². The summed E-state index contributed by atoms with van der Waals surface area (Å²) in [6.45, 7) is 2.60. The van der Waals surface area contributed by atoms with E-state index in [1.165, 1.54) is 31.2 Å². The molecular weight excluding hydrogens is 388 g/mol. The minimum atomic E-state index is -3.24. The first-order chi connectivity index (χ1) is 14.0. The maximum Gasteiger partial charge on any atom is 0.175 e. The van der Waals surface area contributed by atoms with E-state index in [1.807, 2.05) is 6.07 Å². The molecule has 2 aromatic carbocycles. The lowest BCUT2D eigenvalue weighted by molar-refractivity contribution is 0.578. The Morgan fingerprint density at radius 1 is 1.00 bits per heavy atom. The van der Waals surface area contributed by atoms with E-state index in [-0.39, 0.29) is 4.90 Å². The Labute approximate surface area is 170 Å². The quantitative estimate of drug-likeness (QED) is 0.665. The Kier molecular flexibility index (Phi) is 5.48. The average Bonchev–Trinajstić information content (AvgIpc) is 3.21. The number of tetrazole rings is 1. The van der Waals surface area contributed by atoms with Crippen molar-refractivity contribution < 1.29 is 8.42 Å². The highest BCUT2D eigenvalue weighted by molar-refractivity contribution is 7.90. The fourth-order valence-corrected chi connectivity index (χ4v) is 4.19. The van der Waals surface area contributed by atoms with Gasteiger partial charge in [0.15, 0.2) is 15.7 Å². The maximum atomic E-state index is 11.7. The second kappa shape index (κ2) is 8.20. The Morgan fingerprint density at radius 2 is 1.72 bits per heavy atom. The van der Waals surface area contributed by atoms with Crippen LogP contribution in [0.25, 0.3) is 5.69 Å². The van der Waals surface area contributed by atoms with Crippen molar-refractivity contribution in [1.29, 1.82) is 0 Å². The SMILES string of the molecule is CS(=O)(=O)c1ccc(-n2nnnc2CNc2ccccc2N2CCCCC2)cc1. The molecule has 1 aliphatic heterocycles. The normalized spacial score (nSPS) is 14.7. The Bertz CT molecular complexity index is 1070. The molecule has 0 amide bonds. The average molecular weight is 413 g/mol. The molecule has 0 unspecified atom stereocenters. The summed E-state index contributed by atoms with van der Waals surface area (Å²) in [4.78, 5) is 2.68. The Morgan fingerprint density at radius 3 is 2.45 bits per heavy atom. The summed E-state index contributed by atoms with van der Waals surface area (Å²) in [5, 5.41) is 15.4. The minimum Gasteiger partial charge on any atom is -0.376 e. The van der Waals surface area contributed by atoms with Crippen LogP contribution in [0.1, 0.15) is 25.1 Å². The van der Waals surface area contributed by atoms with Crippen LogP contribution >= 0.6 is 0 Å². The largest absolute Gasteiger partial charge is 0.376 e. The van der Waals surface area contributed by atoms with Crippen LogP contribution in [0.2, 0.25) is 0 Å². The molecule has 1 aliphatic rings. The number of hydrogen-bond acceptors (Lipinski definition) is 7. The van der Waals surface area contributed by atoms with Crippen molar-refractivity contribution in [2.75, 3.05) is 29.6 Å². The Hall–Kier alpha value is -2.94. The third kappa shape index (κ3) is 4.40. The van der Waals surface area contributed by atoms with Crippen LogP contribution in [0.15, 0.2) is 53.4 Å². The van der Waals surface area contributed by atoms with Gasteiger partial charge >= 0.3 is 0 Å². The monoisotopic (exact) mass is 412 g/mol. The van der Waals surface area contributed by atoms with Gasteiger partial charge in [-0.15, -0.1) is 5.10 Å². The van der Waals surface area contributed by atoms with E-state index >= 15 is 0 Å². The fourth-order valence-electron chi connectivity index (χ4n) is 3.56. The zero-order chi connectivity index (χ0) is 20.3. The van der Waals surface area contributed by atoms with Crippen molar-refractivity contribution in [3.8, 4) is 5.69 Å². The van der Waals surface area contributed by atoms with Gasteiger partial charge in [-0.1, -0.05) is 12.1 Å². The molecule has 1 fully saturated rings. The highest BCUT2D eigenvalue weighted by Crippen LogP contribution is 2.28. The van der Waals surface area contributed by atoms with Crippen LogP contribution < -0.4 is 10.2 Å². The number of nitrogens with zero attached hydrogens (tertiary/aromatic N) is 5. The molecule has 0 spiro atoms. The summed E-state index contributed by atoms with van der Waals surface area (Å²) in [5.74, 6) is 0.644. The van der Waals surface area contributed by atoms with Crippen molar-refractivity contribution in [2.24, 2.45) is 0 Å². The molecule has 152 valence electrons. The molecule has 0 bridgehead atoms. The van der Waals surface area contributed by atoms with Crippen molar-refractivity contribution >= 4 is 21.2 Å². The van der Waals surface area contributed by atoms with Gasteiger partial charge in [-0.25, -0.2) is 8.42 Å². The summed E-state index contributed by atoms with van der Waals surface area (Å²) >= 11 is 0. The third-order valence-electron chi connectivity index (χ3n) is 5.08. The second-order valence-electron chi connectivity index (χ2n) is 7.19. The fraction of sp³-hybridized carbons (Fsp3) is 0.350. The molecule has 4 rings (SSSR count). The van der Waals surface area contributed by atoms with Crippen LogP contribution in [0.3, 0.4) is 0 Å². The van der Waals surface area contributed by atoms with Gasteiger partial charge in [0.2, 0.25) is 0 Å². The smallest absolute Gasteiger partial charge is 0.175 e. The first-order valence-electron chi connectivity index (χ1n) is 9.68. The third-order valence-corrected chi connectivity index (χ3v) is 6.21. The first-order valence-corrected chi connectivity index (χ1v) is 11.6. The first kappa shape index (κ1) is 19.4. The van der Waals surface area contributed by atoms with Crippen LogP contribution in [0, 0.1) is 0 Å². The van der Waals surface area contributed by atoms with Crippen LogP contribution in [-0.4, -0.2) is 48.0 Å². The van der Waals surface area contributed by atoms with Crippen molar-refractivity contribution in [2.45, 2.75) is 30.7 Å². The number of piperidine rings is 1. The van der Waals surface area contributed by atoms with Gasteiger partial charge in [0.05, 0.1) is 28.5 Å². The molecule has 8 nitrogen and oxygen atoms in total. The maximum absolute atomic E-state index is 11.7. The van der Waals surface area contributed by atoms with Gasteiger partial charge in [-0.3, -0.25) is 0 Å². The van der Waals surface area contributed by atoms with Gasteiger partial charge in [-0.2, -0.15) is 4.68 Å². The van der Waals surface area contributed by atoms with Gasteiger partial charge in [0.25, 0.3) is 0 Å². The molecule has 1 aromatic heterocycles. The van der Waals surface area contributed by atoms with E-state index in [0.29, 0.717) is 18.1 Å². The lowest BCUT2D eigenvalue weighted by Crippen LogP contribution is -2.30. The highest BCUT2D eigenvalue weighted by atomic mass is 32.2. The molecule has 1 N–H and O–H groups in total. The highest BCUT2D eigenvalue weighted by Gasteiger charge is 2.15. The standard InChI is InChI=1S/C20H24N6O2S/c1-29(27,28)17-11-9-16(10-12-17)26-20(22-23-24-26)15-21-18-7-3-4-8-19(18)25-13-5-2-6-14-25/h3-4,7-12,21H,2,5-6,13-15H2,1H3. The number of hydrogen-bond donors (Lipinski definition) is 1. The number of benzene rings is 2. The van der Waals surface area contributed by atoms with E-state index in [1.54, 1.807) is 28.9 Å². The number of anilines is 2. The topological polar surface area (TPSA) is 93.0 Å². The molecule has 0 saturated carbocycles. The van der Waals surface area contributed by atoms with E-state index in [2.05, 4.69) is 43.9 Å². The molecule has 29 heavy (non-hydrogen) atoms. The zero-order valence-corrected chi connectivity index (χ0v) is 17.1. The number of para-hydroxylation sites is 2. The molecule has 1 saturated heterocycles. The summed E-state index contributed by atoms with van der Waals surface area (Å²) in [6.07, 6.45) is 4.92. The molecule has 0 aliphatic carbocycles. The number of rotatable bonds is 6. The van der Waals surface area contributed by atoms with Crippen molar-refractivity contribution in [3.63, 3.8) is 0 Å². The van der Waals surface area contributed by atoms with E-state index in [0.717, 1.165) is 18.8 Å². The minimum absolute atomic E-state index is 0.268. The van der Waals surface area contributed by atoms with Crippen molar-refractivity contribution in [3.05, 3.63) is 54.4 Å². The van der Waals surface area contributed by atoms with E-state index in [9.17, 15) is 8.42 Å². The summed E-state index contributed by atoms with van der Waals surface area (Å²) in [7, 11) is -3.24. The number of aromatic nitrogens is 4. The van der Waals surface area contributed by atoms with Gasteiger partial charge < -0.3 is 10.2 Å². The van der Waals surface area contributed by atoms with Crippen molar-refractivity contribution in [1.82, 2.24) is 20.2 Å². The summed E-state index contributed by atoms with van der Waals surface area (Å²) in [6, 6.07) is 14.8. The predicted octanol–water partition coefficient (Wildman–Crippen LogP) is 2.67. The van der Waals surface area contributed by atoms with Crippen LogP contribution in [-0.2, 0) is 16.4 Å². The van der Waals surface area contributed by atoms with E-state index < -0.39 is 9.84 Å². The zero-order valence-electron chi connectivity index (χ0n) is 16.3. The molecule has 9 heteroatoms. The summed E-state index contributed by atoms with van der Waals surface area (Å²) in [5.41, 5.74) is 2.96. The summed E-state index contributed by atoms with van der Waals surface area (Å²) < 4.78 is 24.9. The van der Waals surface area contributed by atoms with Crippen LogP contribution in [0.4, 0.5) is 11.4 Å². The number of sulfone groups is 1. The second-order valence-corrected chi connectivity index (χ2v) is 9.21. The predicted molar refractivity (Wildman–Crippen MR) is 112 cm³/mol. The molecule has 0 radical (unpaired) electrons. The lowest BCUT2D eigenvalue weighted by atomic mass is 10.1.